The minimum Gasteiger partial charge on any atom is -0.351 e. The monoisotopic (exact) mass is 425 g/mol. The molecule has 2 aliphatic rings. The van der Waals surface area contributed by atoms with Gasteiger partial charge in [0.15, 0.2) is 5.65 Å². The van der Waals surface area contributed by atoms with Crippen molar-refractivity contribution in [2.45, 2.75) is 25.4 Å². The van der Waals surface area contributed by atoms with E-state index in [1.165, 1.54) is 6.08 Å². The highest BCUT2D eigenvalue weighted by Gasteiger charge is 2.25. The number of imide groups is 1. The van der Waals surface area contributed by atoms with Crippen LogP contribution >= 0.6 is 11.6 Å². The minimum absolute atomic E-state index is 0.131. The van der Waals surface area contributed by atoms with Crippen LogP contribution in [-0.4, -0.2) is 42.5 Å². The number of halogens is 1. The highest BCUT2D eigenvalue weighted by Crippen LogP contribution is 2.25. The first-order valence-electron chi connectivity index (χ1n) is 9.26. The van der Waals surface area contributed by atoms with E-state index in [4.69, 9.17) is 11.6 Å². The van der Waals surface area contributed by atoms with Gasteiger partial charge in [-0.25, -0.2) is 9.78 Å². The Balaban J connectivity index is 1.49. The molecule has 1 saturated heterocycles. The predicted molar refractivity (Wildman–Crippen MR) is 109 cm³/mol. The molecule has 152 valence electrons. The van der Waals surface area contributed by atoms with Crippen molar-refractivity contribution < 1.29 is 9.59 Å². The molecule has 0 atom stereocenters. The summed E-state index contributed by atoms with van der Waals surface area (Å²) in [5, 5.41) is 15.9. The van der Waals surface area contributed by atoms with E-state index in [1.54, 1.807) is 23.0 Å². The van der Waals surface area contributed by atoms with E-state index in [0.717, 1.165) is 18.4 Å². The maximum atomic E-state index is 11.9. The van der Waals surface area contributed by atoms with Gasteiger partial charge in [-0.3, -0.25) is 10.1 Å². The molecule has 4 N–H and O–H groups in total. The molecule has 0 radical (unpaired) electrons. The summed E-state index contributed by atoms with van der Waals surface area (Å²) >= 11 is 5.83. The van der Waals surface area contributed by atoms with Crippen LogP contribution in [0.2, 0.25) is 5.15 Å². The molecule has 0 unspecified atom stereocenters. The number of anilines is 2. The van der Waals surface area contributed by atoms with Crippen molar-refractivity contribution in [1.29, 1.82) is 0 Å². The molecule has 4 heterocycles. The second-order valence-corrected chi connectivity index (χ2v) is 7.32. The molecule has 1 saturated carbocycles. The zero-order valence-electron chi connectivity index (χ0n) is 15.5. The third kappa shape index (κ3) is 3.74. The number of hydrogen-bond donors (Lipinski definition) is 4. The van der Waals surface area contributed by atoms with Gasteiger partial charge in [-0.2, -0.15) is 19.6 Å². The van der Waals surface area contributed by atoms with Crippen molar-refractivity contribution in [3.05, 3.63) is 46.5 Å². The van der Waals surface area contributed by atoms with Crippen molar-refractivity contribution in [3.63, 3.8) is 0 Å². The largest absolute Gasteiger partial charge is 0.351 e. The maximum Gasteiger partial charge on any atom is 0.326 e. The lowest BCUT2D eigenvalue weighted by Gasteiger charge is -2.10. The normalized spacial score (nSPS) is 17.3. The Labute approximate surface area is 174 Å². The average Bonchev–Trinajstić information content (AvgIpc) is 3.36. The molecule has 1 aliphatic heterocycles. The fourth-order valence-electron chi connectivity index (χ4n) is 2.91. The van der Waals surface area contributed by atoms with Crippen LogP contribution in [-0.2, 0) is 11.3 Å². The van der Waals surface area contributed by atoms with Crippen molar-refractivity contribution >= 4 is 47.2 Å². The van der Waals surface area contributed by atoms with Gasteiger partial charge in [0.1, 0.15) is 10.9 Å². The van der Waals surface area contributed by atoms with Crippen LogP contribution in [0, 0.1) is 0 Å². The number of rotatable bonds is 6. The Bertz CT molecular complexity index is 1180. The van der Waals surface area contributed by atoms with Gasteiger partial charge in [0.2, 0.25) is 11.9 Å². The molecule has 1 aliphatic carbocycles. The van der Waals surface area contributed by atoms with Gasteiger partial charge < -0.3 is 16.0 Å². The summed E-state index contributed by atoms with van der Waals surface area (Å²) in [5.41, 5.74) is 2.11. The number of nitrogens with zero attached hydrogens (tertiary/aromatic N) is 5. The lowest BCUT2D eigenvalue weighted by Crippen LogP contribution is -2.22. The van der Waals surface area contributed by atoms with Gasteiger partial charge in [-0.15, -0.1) is 0 Å². The zero-order valence-corrected chi connectivity index (χ0v) is 16.3. The molecule has 2 fully saturated rings. The molecule has 3 amide bonds. The van der Waals surface area contributed by atoms with Crippen LogP contribution in [0.5, 0.6) is 0 Å². The molecule has 3 aromatic heterocycles. The van der Waals surface area contributed by atoms with E-state index in [9.17, 15) is 9.59 Å². The van der Waals surface area contributed by atoms with Crippen LogP contribution in [0.3, 0.4) is 0 Å². The van der Waals surface area contributed by atoms with Gasteiger partial charge >= 0.3 is 6.03 Å². The predicted octanol–water partition coefficient (Wildman–Crippen LogP) is 1.54. The van der Waals surface area contributed by atoms with Gasteiger partial charge in [0, 0.05) is 24.3 Å². The van der Waals surface area contributed by atoms with Crippen LogP contribution in [0.25, 0.3) is 11.7 Å². The van der Waals surface area contributed by atoms with Gasteiger partial charge in [-0.05, 0) is 30.5 Å². The Morgan fingerprint density at radius 3 is 2.77 bits per heavy atom. The lowest BCUT2D eigenvalue weighted by molar-refractivity contribution is -0.115. The Morgan fingerprint density at radius 2 is 2.07 bits per heavy atom. The van der Waals surface area contributed by atoms with Crippen LogP contribution in [0.4, 0.5) is 16.7 Å². The number of hydrogen-bond acceptors (Lipinski definition) is 8. The van der Waals surface area contributed by atoms with E-state index in [-0.39, 0.29) is 5.70 Å². The molecule has 12 heteroatoms. The minimum atomic E-state index is -0.563. The smallest absolute Gasteiger partial charge is 0.326 e. The standard InChI is InChI=1S/C18H16ClN9O2/c19-13-4-1-9(6-20-13)7-21-16-25-14-10(5-12-15(29)26-18(30)24-12)8-22-28(14)17(27-16)23-11-2-3-11/h1,4-6,8,11H,2-3,7H2,(H2,21,23,25,27)(H2,24,26,29,30)/b12-5-. The fourth-order valence-corrected chi connectivity index (χ4v) is 3.02. The zero-order chi connectivity index (χ0) is 20.7. The number of pyridine rings is 1. The molecule has 30 heavy (non-hydrogen) atoms. The van der Waals surface area contributed by atoms with Crippen molar-refractivity contribution in [1.82, 2.24) is 35.2 Å². The molecule has 3 aromatic rings. The van der Waals surface area contributed by atoms with Crippen molar-refractivity contribution in [2.75, 3.05) is 10.6 Å². The molecule has 0 aromatic carbocycles. The summed E-state index contributed by atoms with van der Waals surface area (Å²) in [6, 6.07) is 3.36. The van der Waals surface area contributed by atoms with Crippen molar-refractivity contribution in [2.24, 2.45) is 0 Å². The summed E-state index contributed by atoms with van der Waals surface area (Å²) in [4.78, 5) is 36.4. The Hall–Kier alpha value is -3.73. The van der Waals surface area contributed by atoms with E-state index in [2.05, 4.69) is 41.3 Å². The Kier molecular flexibility index (Phi) is 4.43. The third-order valence-electron chi connectivity index (χ3n) is 4.56. The second kappa shape index (κ2) is 7.26. The molecule has 0 spiro atoms. The summed E-state index contributed by atoms with van der Waals surface area (Å²) in [6.45, 7) is 0.451. The van der Waals surface area contributed by atoms with E-state index < -0.39 is 11.9 Å². The lowest BCUT2D eigenvalue weighted by atomic mass is 10.2. The first-order valence-corrected chi connectivity index (χ1v) is 9.63. The molecular weight excluding hydrogens is 410 g/mol. The number of amides is 3. The Morgan fingerprint density at radius 1 is 1.20 bits per heavy atom. The highest BCUT2D eigenvalue weighted by atomic mass is 35.5. The molecule has 5 rings (SSSR count). The van der Waals surface area contributed by atoms with E-state index in [1.807, 2.05) is 6.07 Å². The highest BCUT2D eigenvalue weighted by molar-refractivity contribution is 6.29. The van der Waals surface area contributed by atoms with Gasteiger partial charge in [0.25, 0.3) is 5.91 Å². The van der Waals surface area contributed by atoms with Crippen LogP contribution in [0.15, 0.2) is 30.2 Å². The van der Waals surface area contributed by atoms with E-state index >= 15 is 0 Å². The average molecular weight is 426 g/mol. The number of fused-ring (bicyclic) bond motifs is 1. The maximum absolute atomic E-state index is 11.9. The summed E-state index contributed by atoms with van der Waals surface area (Å²) in [7, 11) is 0. The van der Waals surface area contributed by atoms with Gasteiger partial charge in [0.05, 0.1) is 6.20 Å². The molecule has 11 nitrogen and oxygen atoms in total. The first kappa shape index (κ1) is 18.3. The van der Waals surface area contributed by atoms with Crippen molar-refractivity contribution in [3.8, 4) is 0 Å². The number of carbonyl (C=O) groups excluding carboxylic acids is 2. The topological polar surface area (TPSA) is 138 Å². The number of urea groups is 1. The fraction of sp³-hybridized carbons (Fsp3) is 0.222. The third-order valence-corrected chi connectivity index (χ3v) is 4.79. The summed E-state index contributed by atoms with van der Waals surface area (Å²) in [6.07, 6.45) is 6.90. The number of carbonyl (C=O) groups is 2. The summed E-state index contributed by atoms with van der Waals surface area (Å²) in [5.74, 6) is 0.433. The number of aromatic nitrogens is 5. The first-order chi connectivity index (χ1) is 14.5. The van der Waals surface area contributed by atoms with E-state index in [0.29, 0.717) is 40.8 Å². The van der Waals surface area contributed by atoms with Crippen LogP contribution in [0.1, 0.15) is 24.0 Å². The van der Waals surface area contributed by atoms with Crippen LogP contribution < -0.4 is 21.3 Å². The SMILES string of the molecule is O=C1NC(=O)/C(=C/c2cnn3c(NC4CC4)nc(NCc4ccc(Cl)nc4)nc23)N1. The second-order valence-electron chi connectivity index (χ2n) is 6.93. The number of nitrogens with one attached hydrogen (secondary N) is 4. The molecular formula is C18H16ClN9O2. The quantitative estimate of drug-likeness (QED) is 0.265. The molecule has 0 bridgehead atoms. The summed E-state index contributed by atoms with van der Waals surface area (Å²) < 4.78 is 1.58. The van der Waals surface area contributed by atoms with Gasteiger partial charge in [-0.1, -0.05) is 17.7 Å².